The third-order valence-electron chi connectivity index (χ3n) is 4.59. The Morgan fingerprint density at radius 2 is 2.12 bits per heavy atom. The molecule has 1 aromatic rings. The van der Waals surface area contributed by atoms with E-state index in [2.05, 4.69) is 30.0 Å². The van der Waals surface area contributed by atoms with Crippen LogP contribution >= 0.6 is 23.8 Å². The molecule has 0 unspecified atom stereocenters. The Morgan fingerprint density at radius 1 is 1.36 bits per heavy atom. The van der Waals surface area contributed by atoms with E-state index in [1.807, 2.05) is 0 Å². The second kappa shape index (κ2) is 9.20. The Morgan fingerprint density at radius 3 is 2.84 bits per heavy atom. The molecule has 1 saturated carbocycles. The Labute approximate surface area is 157 Å². The van der Waals surface area contributed by atoms with E-state index in [4.69, 9.17) is 28.6 Å². The molecule has 0 radical (unpaired) electrons. The number of thiocarbonyl (C=S) groups is 1. The van der Waals surface area contributed by atoms with Crippen LogP contribution in [0.5, 0.6) is 5.75 Å². The zero-order valence-corrected chi connectivity index (χ0v) is 15.8. The average Bonchev–Trinajstić information content (AvgIpc) is 2.56. The van der Waals surface area contributed by atoms with Gasteiger partial charge in [0.2, 0.25) is 0 Å². The number of nitrogens with one attached hydrogen (secondary N) is 3. The van der Waals surface area contributed by atoms with Gasteiger partial charge in [0.15, 0.2) is 11.7 Å². The largest absolute Gasteiger partial charge is 0.482 e. The van der Waals surface area contributed by atoms with Crippen molar-refractivity contribution >= 4 is 34.8 Å². The lowest BCUT2D eigenvalue weighted by Crippen LogP contribution is -2.53. The lowest BCUT2D eigenvalue weighted by molar-refractivity contribution is -0.123. The number of halogens is 2. The van der Waals surface area contributed by atoms with Crippen LogP contribution in [0.2, 0.25) is 5.02 Å². The van der Waals surface area contributed by atoms with Crippen LogP contribution in [0.4, 0.5) is 4.39 Å². The minimum Gasteiger partial charge on any atom is -0.482 e. The molecule has 2 rings (SSSR count). The van der Waals surface area contributed by atoms with Crippen molar-refractivity contribution in [1.82, 2.24) is 16.2 Å². The fourth-order valence-electron chi connectivity index (χ4n) is 2.89. The van der Waals surface area contributed by atoms with Gasteiger partial charge in [0.05, 0.1) is 5.02 Å². The fourth-order valence-corrected chi connectivity index (χ4v) is 3.31. The first-order chi connectivity index (χ1) is 11.9. The van der Waals surface area contributed by atoms with Crippen molar-refractivity contribution in [3.05, 3.63) is 29.0 Å². The predicted octanol–water partition coefficient (Wildman–Crippen LogP) is 3.18. The Kier molecular flexibility index (Phi) is 7.25. The van der Waals surface area contributed by atoms with Crippen molar-refractivity contribution in [2.75, 3.05) is 6.61 Å². The van der Waals surface area contributed by atoms with Gasteiger partial charge in [-0.25, -0.2) is 4.39 Å². The molecule has 3 N–H and O–H groups in total. The quantitative estimate of drug-likeness (QED) is 0.547. The lowest BCUT2D eigenvalue weighted by Gasteiger charge is -2.35. The summed E-state index contributed by atoms with van der Waals surface area (Å²) in [5.74, 6) is 0.523. The number of hydrazine groups is 1. The molecule has 1 aromatic carbocycles. The summed E-state index contributed by atoms with van der Waals surface area (Å²) >= 11 is 11.0. The van der Waals surface area contributed by atoms with Crippen LogP contribution in [0.15, 0.2) is 18.2 Å². The third-order valence-corrected chi connectivity index (χ3v) is 5.11. The molecule has 138 valence electrons. The minimum absolute atomic E-state index is 0.110. The second-order valence-electron chi connectivity index (χ2n) is 6.38. The van der Waals surface area contributed by atoms with Crippen molar-refractivity contribution in [3.63, 3.8) is 0 Å². The molecule has 5 nitrogen and oxygen atoms in total. The molecule has 1 fully saturated rings. The number of carbonyl (C=O) groups excluding carboxylic acids is 1. The van der Waals surface area contributed by atoms with Crippen LogP contribution in [0.1, 0.15) is 33.1 Å². The van der Waals surface area contributed by atoms with Crippen LogP contribution in [-0.4, -0.2) is 23.7 Å². The van der Waals surface area contributed by atoms with E-state index in [1.165, 1.54) is 25.0 Å². The molecule has 25 heavy (non-hydrogen) atoms. The number of ether oxygens (including phenoxy) is 1. The number of amides is 1. The summed E-state index contributed by atoms with van der Waals surface area (Å²) in [4.78, 5) is 11.8. The predicted molar refractivity (Wildman–Crippen MR) is 99.9 cm³/mol. The highest BCUT2D eigenvalue weighted by atomic mass is 35.5. The summed E-state index contributed by atoms with van der Waals surface area (Å²) in [7, 11) is 0. The number of hydrogen-bond donors (Lipinski definition) is 3. The van der Waals surface area contributed by atoms with Crippen LogP contribution in [-0.2, 0) is 4.79 Å². The highest BCUT2D eigenvalue weighted by Crippen LogP contribution is 2.29. The van der Waals surface area contributed by atoms with Crippen molar-refractivity contribution in [3.8, 4) is 5.75 Å². The maximum absolute atomic E-state index is 12.9. The van der Waals surface area contributed by atoms with Gasteiger partial charge in [-0.1, -0.05) is 38.3 Å². The van der Waals surface area contributed by atoms with Crippen LogP contribution in [0.25, 0.3) is 0 Å². The first-order valence-electron chi connectivity index (χ1n) is 8.30. The maximum atomic E-state index is 12.9. The molecule has 1 aliphatic rings. The van der Waals surface area contributed by atoms with Gasteiger partial charge in [0.25, 0.3) is 5.91 Å². The van der Waals surface area contributed by atoms with Gasteiger partial charge in [0.1, 0.15) is 11.6 Å². The summed E-state index contributed by atoms with van der Waals surface area (Å²) in [5.41, 5.74) is 5.14. The fraction of sp³-hybridized carbons (Fsp3) is 0.529. The molecule has 0 bridgehead atoms. The van der Waals surface area contributed by atoms with E-state index < -0.39 is 11.7 Å². The highest BCUT2D eigenvalue weighted by Gasteiger charge is 2.27. The molecular weight excluding hydrogens is 365 g/mol. The number of carbonyl (C=O) groups is 1. The zero-order valence-electron chi connectivity index (χ0n) is 14.3. The smallest absolute Gasteiger partial charge is 0.276 e. The summed E-state index contributed by atoms with van der Waals surface area (Å²) in [6, 6.07) is 4.01. The highest BCUT2D eigenvalue weighted by molar-refractivity contribution is 7.80. The standard InChI is InChI=1S/C17H23ClFN3O2S/c1-10-4-3-5-14(11(10)2)20-17(25)22-21-16(23)9-24-15-7-6-12(19)8-13(15)18/h6-8,10-11,14H,3-5,9H2,1-2H3,(H,21,23)(H2,20,22,25)/t10-,11-,14-/m1/s1. The minimum atomic E-state index is -0.467. The van der Waals surface area contributed by atoms with Crippen molar-refractivity contribution < 1.29 is 13.9 Å². The molecular formula is C17H23ClFN3O2S. The van der Waals surface area contributed by atoms with Gasteiger partial charge in [-0.05, 0) is 48.7 Å². The molecule has 1 amide bonds. The number of hydrogen-bond acceptors (Lipinski definition) is 3. The van der Waals surface area contributed by atoms with Crippen molar-refractivity contribution in [2.45, 2.75) is 39.2 Å². The van der Waals surface area contributed by atoms with E-state index in [0.29, 0.717) is 23.0 Å². The van der Waals surface area contributed by atoms with Crippen LogP contribution < -0.4 is 20.9 Å². The SMILES string of the molecule is C[C@@H]1[C@H](C)CCC[C@H]1NC(=S)NNC(=O)COc1ccc(F)cc1Cl. The van der Waals surface area contributed by atoms with Gasteiger partial charge in [-0.2, -0.15) is 0 Å². The van der Waals surface area contributed by atoms with E-state index in [1.54, 1.807) is 0 Å². The summed E-state index contributed by atoms with van der Waals surface area (Å²) in [5, 5.41) is 3.73. The monoisotopic (exact) mass is 387 g/mol. The second-order valence-corrected chi connectivity index (χ2v) is 7.20. The van der Waals surface area contributed by atoms with Gasteiger partial charge in [0, 0.05) is 6.04 Å². The summed E-state index contributed by atoms with van der Waals surface area (Å²) in [6.45, 7) is 4.19. The van der Waals surface area contributed by atoms with Gasteiger partial charge in [-0.15, -0.1) is 0 Å². The van der Waals surface area contributed by atoms with Gasteiger partial charge in [-0.3, -0.25) is 15.6 Å². The number of rotatable bonds is 4. The third kappa shape index (κ3) is 6.01. The Hall–Kier alpha value is -1.60. The number of benzene rings is 1. The molecule has 0 aliphatic heterocycles. The van der Waals surface area contributed by atoms with Crippen molar-refractivity contribution in [1.29, 1.82) is 0 Å². The molecule has 0 aromatic heterocycles. The van der Waals surface area contributed by atoms with Gasteiger partial charge < -0.3 is 10.1 Å². The Bertz CT molecular complexity index is 632. The van der Waals surface area contributed by atoms with E-state index in [0.717, 1.165) is 12.5 Å². The van der Waals surface area contributed by atoms with E-state index in [9.17, 15) is 9.18 Å². The molecule has 0 saturated heterocycles. The average molecular weight is 388 g/mol. The normalized spacial score (nSPS) is 22.8. The lowest BCUT2D eigenvalue weighted by atomic mass is 9.78. The van der Waals surface area contributed by atoms with Crippen LogP contribution in [0.3, 0.4) is 0 Å². The molecule has 1 aliphatic carbocycles. The molecule has 3 atom stereocenters. The zero-order chi connectivity index (χ0) is 18.4. The van der Waals surface area contributed by atoms with E-state index >= 15 is 0 Å². The van der Waals surface area contributed by atoms with E-state index in [-0.39, 0.29) is 17.4 Å². The summed E-state index contributed by atoms with van der Waals surface area (Å²) < 4.78 is 18.2. The molecule has 0 spiro atoms. The molecule has 0 heterocycles. The Balaban J connectivity index is 1.71. The van der Waals surface area contributed by atoms with Gasteiger partial charge >= 0.3 is 0 Å². The van der Waals surface area contributed by atoms with Crippen LogP contribution in [0, 0.1) is 17.7 Å². The molecule has 8 heteroatoms. The summed E-state index contributed by atoms with van der Waals surface area (Å²) in [6.07, 6.45) is 3.47. The van der Waals surface area contributed by atoms with Crippen molar-refractivity contribution in [2.24, 2.45) is 11.8 Å². The first-order valence-corrected chi connectivity index (χ1v) is 9.08. The maximum Gasteiger partial charge on any atom is 0.276 e. The first kappa shape index (κ1) is 19.7. The topological polar surface area (TPSA) is 62.4 Å².